The zero-order valence-electron chi connectivity index (χ0n) is 13.7. The highest BCUT2D eigenvalue weighted by atomic mass is 16.6. The minimum Gasteiger partial charge on any atom is -0.444 e. The second kappa shape index (κ2) is 5.03. The number of amides is 1. The first-order valence-corrected chi connectivity index (χ1v) is 8.42. The van der Waals surface area contributed by atoms with Crippen LogP contribution in [-0.2, 0) is 4.74 Å². The van der Waals surface area contributed by atoms with Crippen LogP contribution in [0.15, 0.2) is 12.7 Å². The van der Waals surface area contributed by atoms with Gasteiger partial charge in [-0.15, -0.1) is 6.58 Å². The van der Waals surface area contributed by atoms with E-state index in [-0.39, 0.29) is 6.09 Å². The summed E-state index contributed by atoms with van der Waals surface area (Å²) < 4.78 is 5.58. The Bertz CT molecular complexity index is 421. The molecule has 3 atom stereocenters. The van der Waals surface area contributed by atoms with Gasteiger partial charge in [-0.2, -0.15) is 0 Å². The van der Waals surface area contributed by atoms with E-state index in [1.165, 1.54) is 32.1 Å². The lowest BCUT2D eigenvalue weighted by atomic mass is 9.84. The number of fused-ring (bicyclic) bond motifs is 3. The van der Waals surface area contributed by atoms with Gasteiger partial charge in [0.2, 0.25) is 0 Å². The van der Waals surface area contributed by atoms with Crippen LogP contribution in [0, 0.1) is 23.2 Å². The summed E-state index contributed by atoms with van der Waals surface area (Å²) in [4.78, 5) is 14.4. The Labute approximate surface area is 128 Å². The van der Waals surface area contributed by atoms with Gasteiger partial charge in [0, 0.05) is 13.1 Å². The van der Waals surface area contributed by atoms with Crippen LogP contribution in [-0.4, -0.2) is 29.7 Å². The van der Waals surface area contributed by atoms with Crippen LogP contribution in [0.4, 0.5) is 4.79 Å². The lowest BCUT2D eigenvalue weighted by Crippen LogP contribution is -2.42. The maximum absolute atomic E-state index is 12.4. The van der Waals surface area contributed by atoms with E-state index in [0.717, 1.165) is 19.0 Å². The Kier molecular flexibility index (Phi) is 3.58. The van der Waals surface area contributed by atoms with Gasteiger partial charge in [0.05, 0.1) is 0 Å². The third kappa shape index (κ3) is 3.12. The number of carbonyl (C=O) groups is 1. The summed E-state index contributed by atoms with van der Waals surface area (Å²) in [5, 5.41) is 0. The van der Waals surface area contributed by atoms with Crippen LogP contribution in [0.2, 0.25) is 0 Å². The van der Waals surface area contributed by atoms with Gasteiger partial charge in [0.1, 0.15) is 5.60 Å². The van der Waals surface area contributed by atoms with Gasteiger partial charge in [-0.3, -0.25) is 0 Å². The molecule has 1 aliphatic heterocycles. The van der Waals surface area contributed by atoms with E-state index in [1.54, 1.807) is 0 Å². The second-order valence-electron chi connectivity index (χ2n) is 8.51. The normalized spacial score (nSPS) is 38.8. The molecule has 3 heteroatoms. The summed E-state index contributed by atoms with van der Waals surface area (Å²) in [6, 6.07) is 0. The summed E-state index contributed by atoms with van der Waals surface area (Å²) in [6.07, 6.45) is 8.47. The molecule has 0 radical (unpaired) electrons. The van der Waals surface area contributed by atoms with Crippen molar-refractivity contribution in [2.45, 2.75) is 58.5 Å². The number of nitrogens with zero attached hydrogens (tertiary/aromatic N) is 1. The van der Waals surface area contributed by atoms with Crippen LogP contribution in [0.25, 0.3) is 0 Å². The van der Waals surface area contributed by atoms with Crippen molar-refractivity contribution in [3.8, 4) is 0 Å². The number of rotatable bonds is 1. The molecule has 0 aromatic heterocycles. The van der Waals surface area contributed by atoms with Crippen LogP contribution in [0.1, 0.15) is 52.9 Å². The second-order valence-corrected chi connectivity index (χ2v) is 8.51. The highest BCUT2D eigenvalue weighted by molar-refractivity contribution is 5.68. The van der Waals surface area contributed by atoms with Crippen molar-refractivity contribution in [2.75, 3.05) is 13.1 Å². The minimum absolute atomic E-state index is 0.119. The molecule has 2 saturated carbocycles. The number of likely N-dealkylation sites (tertiary alicyclic amines) is 1. The maximum atomic E-state index is 12.4. The molecule has 1 saturated heterocycles. The van der Waals surface area contributed by atoms with Gasteiger partial charge in [-0.1, -0.05) is 6.08 Å². The van der Waals surface area contributed by atoms with Crippen molar-refractivity contribution < 1.29 is 9.53 Å². The molecule has 0 aromatic carbocycles. The number of ether oxygens (including phenoxy) is 1. The molecule has 3 aliphatic rings. The number of allylic oxidation sites excluding steroid dienone is 1. The fourth-order valence-corrected chi connectivity index (χ4v) is 4.58. The molecule has 2 aliphatic carbocycles. The Hall–Kier alpha value is -0.990. The lowest BCUT2D eigenvalue weighted by Gasteiger charge is -2.34. The van der Waals surface area contributed by atoms with Gasteiger partial charge < -0.3 is 9.64 Å². The minimum atomic E-state index is -0.399. The van der Waals surface area contributed by atoms with Crippen molar-refractivity contribution in [1.82, 2.24) is 4.90 Å². The molecule has 1 spiro atoms. The summed E-state index contributed by atoms with van der Waals surface area (Å²) in [5.41, 5.74) is 0.137. The number of carbonyl (C=O) groups excluding carboxylic acids is 1. The summed E-state index contributed by atoms with van der Waals surface area (Å²) in [6.45, 7) is 11.6. The van der Waals surface area contributed by atoms with Gasteiger partial charge in [0.25, 0.3) is 0 Å². The van der Waals surface area contributed by atoms with E-state index >= 15 is 0 Å². The molecule has 3 nitrogen and oxygen atoms in total. The molecule has 21 heavy (non-hydrogen) atoms. The van der Waals surface area contributed by atoms with Crippen molar-refractivity contribution in [3.63, 3.8) is 0 Å². The summed E-state index contributed by atoms with van der Waals surface area (Å²) in [7, 11) is 0. The Morgan fingerprint density at radius 2 is 1.76 bits per heavy atom. The van der Waals surface area contributed by atoms with E-state index in [2.05, 4.69) is 12.7 Å². The van der Waals surface area contributed by atoms with E-state index in [0.29, 0.717) is 17.3 Å². The Balaban J connectivity index is 1.68. The van der Waals surface area contributed by atoms with Gasteiger partial charge in [-0.25, -0.2) is 4.79 Å². The van der Waals surface area contributed by atoms with Crippen molar-refractivity contribution in [1.29, 1.82) is 0 Å². The predicted octanol–water partition coefficient (Wildman–Crippen LogP) is 4.24. The third-order valence-corrected chi connectivity index (χ3v) is 5.52. The average Bonchev–Trinajstić information content (AvgIpc) is 3.09. The Morgan fingerprint density at radius 3 is 2.19 bits per heavy atom. The monoisotopic (exact) mass is 291 g/mol. The third-order valence-electron chi connectivity index (χ3n) is 5.52. The Morgan fingerprint density at radius 1 is 1.19 bits per heavy atom. The van der Waals surface area contributed by atoms with Gasteiger partial charge in [0.15, 0.2) is 0 Å². The van der Waals surface area contributed by atoms with E-state index in [1.807, 2.05) is 25.7 Å². The fourth-order valence-electron chi connectivity index (χ4n) is 4.58. The predicted molar refractivity (Wildman–Crippen MR) is 84.0 cm³/mol. The molecule has 3 unspecified atom stereocenters. The standard InChI is InChI=1S/C18H29NO2/c1-5-15-10-18(15)8-13-6-7-14(9-18)12-19(11-13)16(20)21-17(2,3)4/h5,13-15H,1,6-12H2,2-4H3. The SMILES string of the molecule is C=CC1CC12CC1CCC(CN(C(=O)OC(C)(C)C)C1)C2. The molecule has 1 heterocycles. The fraction of sp³-hybridized carbons (Fsp3) is 0.833. The van der Waals surface area contributed by atoms with Crippen LogP contribution < -0.4 is 0 Å². The first-order chi connectivity index (χ1) is 9.81. The van der Waals surface area contributed by atoms with E-state index in [4.69, 9.17) is 4.74 Å². The highest BCUT2D eigenvalue weighted by Gasteiger charge is 2.55. The van der Waals surface area contributed by atoms with Crippen molar-refractivity contribution in [3.05, 3.63) is 12.7 Å². The molecular weight excluding hydrogens is 262 g/mol. The van der Waals surface area contributed by atoms with Gasteiger partial charge in [-0.05, 0) is 76.0 Å². The van der Waals surface area contributed by atoms with Crippen LogP contribution >= 0.6 is 0 Å². The average molecular weight is 291 g/mol. The van der Waals surface area contributed by atoms with Gasteiger partial charge >= 0.3 is 6.09 Å². The summed E-state index contributed by atoms with van der Waals surface area (Å²) in [5.74, 6) is 2.03. The molecule has 0 N–H and O–H groups in total. The van der Waals surface area contributed by atoms with Crippen molar-refractivity contribution >= 4 is 6.09 Å². The molecule has 3 fully saturated rings. The maximum Gasteiger partial charge on any atom is 0.410 e. The largest absolute Gasteiger partial charge is 0.444 e. The molecule has 118 valence electrons. The molecule has 1 amide bonds. The lowest BCUT2D eigenvalue weighted by molar-refractivity contribution is 0.0171. The highest BCUT2D eigenvalue weighted by Crippen LogP contribution is 2.63. The van der Waals surface area contributed by atoms with Crippen LogP contribution in [0.3, 0.4) is 0 Å². The molecule has 2 bridgehead atoms. The summed E-state index contributed by atoms with van der Waals surface area (Å²) >= 11 is 0. The van der Waals surface area contributed by atoms with Crippen molar-refractivity contribution in [2.24, 2.45) is 23.2 Å². The topological polar surface area (TPSA) is 29.5 Å². The quantitative estimate of drug-likeness (QED) is 0.676. The first kappa shape index (κ1) is 14.9. The smallest absolute Gasteiger partial charge is 0.410 e. The number of hydrogen-bond acceptors (Lipinski definition) is 2. The number of hydrogen-bond donors (Lipinski definition) is 0. The van der Waals surface area contributed by atoms with E-state index < -0.39 is 5.60 Å². The van der Waals surface area contributed by atoms with Crippen LogP contribution in [0.5, 0.6) is 0 Å². The van der Waals surface area contributed by atoms with E-state index in [9.17, 15) is 4.79 Å². The molecule has 0 aromatic rings. The molecular formula is C18H29NO2. The molecule has 3 rings (SSSR count). The zero-order valence-corrected chi connectivity index (χ0v) is 13.7. The zero-order chi connectivity index (χ0) is 15.3. The first-order valence-electron chi connectivity index (χ1n) is 8.42.